The van der Waals surface area contributed by atoms with Crippen molar-refractivity contribution in [1.29, 1.82) is 0 Å². The molecule has 0 aliphatic carbocycles. The Balaban J connectivity index is 1.72. The summed E-state index contributed by atoms with van der Waals surface area (Å²) < 4.78 is 5.45. The highest BCUT2D eigenvalue weighted by Gasteiger charge is 2.19. The summed E-state index contributed by atoms with van der Waals surface area (Å²) in [6, 6.07) is 13.3. The SMILES string of the molecule is CCOc1ccc([C@@H](C)NC(=O)c2sc(-c3ccccn3)nc2C)cc1. The van der Waals surface area contributed by atoms with Gasteiger partial charge in [0, 0.05) is 6.20 Å². The van der Waals surface area contributed by atoms with Crippen molar-refractivity contribution in [3.8, 4) is 16.5 Å². The zero-order valence-electron chi connectivity index (χ0n) is 15.0. The lowest BCUT2D eigenvalue weighted by molar-refractivity contribution is 0.0943. The number of ether oxygens (including phenoxy) is 1. The number of amides is 1. The molecular formula is C20H21N3O2S. The first-order valence-electron chi connectivity index (χ1n) is 8.51. The van der Waals surface area contributed by atoms with Crippen molar-refractivity contribution in [3.63, 3.8) is 0 Å². The van der Waals surface area contributed by atoms with Crippen LogP contribution in [0.1, 0.15) is 40.8 Å². The van der Waals surface area contributed by atoms with Gasteiger partial charge >= 0.3 is 0 Å². The molecule has 1 aromatic carbocycles. The quantitative estimate of drug-likeness (QED) is 0.701. The fourth-order valence-corrected chi connectivity index (χ4v) is 3.52. The Bertz CT molecular complexity index is 876. The van der Waals surface area contributed by atoms with Gasteiger partial charge in [-0.15, -0.1) is 11.3 Å². The number of hydrogen-bond acceptors (Lipinski definition) is 5. The molecule has 2 aromatic heterocycles. The lowest BCUT2D eigenvalue weighted by Crippen LogP contribution is -2.26. The normalized spacial score (nSPS) is 11.8. The van der Waals surface area contributed by atoms with Gasteiger partial charge < -0.3 is 10.1 Å². The third kappa shape index (κ3) is 4.08. The highest BCUT2D eigenvalue weighted by atomic mass is 32.1. The standard InChI is InChI=1S/C20H21N3O2S/c1-4-25-16-10-8-15(9-11-16)13(2)22-19(24)18-14(3)23-20(26-18)17-7-5-6-12-21-17/h5-13H,4H2,1-3H3,(H,22,24)/t13-/m1/s1. The highest BCUT2D eigenvalue weighted by molar-refractivity contribution is 7.17. The molecule has 5 nitrogen and oxygen atoms in total. The number of thiazole rings is 1. The summed E-state index contributed by atoms with van der Waals surface area (Å²) in [5.74, 6) is 0.705. The minimum absolute atomic E-state index is 0.113. The minimum Gasteiger partial charge on any atom is -0.494 e. The smallest absolute Gasteiger partial charge is 0.263 e. The number of hydrogen-bond donors (Lipinski definition) is 1. The van der Waals surface area contributed by atoms with E-state index in [1.807, 2.05) is 63.2 Å². The largest absolute Gasteiger partial charge is 0.494 e. The van der Waals surface area contributed by atoms with Crippen molar-refractivity contribution in [2.24, 2.45) is 0 Å². The molecule has 1 amide bonds. The van der Waals surface area contributed by atoms with Crippen LogP contribution < -0.4 is 10.1 Å². The molecule has 26 heavy (non-hydrogen) atoms. The summed E-state index contributed by atoms with van der Waals surface area (Å²) in [5, 5.41) is 3.79. The summed E-state index contributed by atoms with van der Waals surface area (Å²) in [6.45, 7) is 6.39. The van der Waals surface area contributed by atoms with Crippen molar-refractivity contribution < 1.29 is 9.53 Å². The van der Waals surface area contributed by atoms with Crippen molar-refractivity contribution in [2.75, 3.05) is 6.61 Å². The van der Waals surface area contributed by atoms with E-state index in [1.165, 1.54) is 11.3 Å². The maximum atomic E-state index is 12.7. The van der Waals surface area contributed by atoms with E-state index in [2.05, 4.69) is 15.3 Å². The molecule has 0 spiro atoms. The van der Waals surface area contributed by atoms with Gasteiger partial charge in [0.2, 0.25) is 0 Å². The number of benzene rings is 1. The topological polar surface area (TPSA) is 64.1 Å². The van der Waals surface area contributed by atoms with E-state index < -0.39 is 0 Å². The van der Waals surface area contributed by atoms with E-state index in [9.17, 15) is 4.79 Å². The Morgan fingerprint density at radius 2 is 2.00 bits per heavy atom. The molecule has 0 saturated heterocycles. The Morgan fingerprint density at radius 3 is 2.65 bits per heavy atom. The first-order valence-corrected chi connectivity index (χ1v) is 9.32. The molecule has 3 aromatic rings. The predicted octanol–water partition coefficient (Wildman–Crippen LogP) is 4.40. The van der Waals surface area contributed by atoms with Gasteiger partial charge in [0.15, 0.2) is 0 Å². The van der Waals surface area contributed by atoms with Crippen molar-refractivity contribution >= 4 is 17.2 Å². The van der Waals surface area contributed by atoms with Crippen LogP contribution in [-0.4, -0.2) is 22.5 Å². The van der Waals surface area contributed by atoms with Gasteiger partial charge in [-0.05, 0) is 50.6 Å². The summed E-state index contributed by atoms with van der Waals surface area (Å²) in [7, 11) is 0. The number of pyridine rings is 1. The number of aryl methyl sites for hydroxylation is 1. The number of aromatic nitrogens is 2. The zero-order chi connectivity index (χ0) is 18.5. The number of carbonyl (C=O) groups excluding carboxylic acids is 1. The Labute approximate surface area is 157 Å². The van der Waals surface area contributed by atoms with Gasteiger partial charge in [-0.2, -0.15) is 0 Å². The summed E-state index contributed by atoms with van der Waals surface area (Å²) in [5.41, 5.74) is 2.51. The maximum Gasteiger partial charge on any atom is 0.263 e. The Kier molecular flexibility index (Phi) is 5.63. The van der Waals surface area contributed by atoms with Gasteiger partial charge in [-0.3, -0.25) is 9.78 Å². The molecule has 0 radical (unpaired) electrons. The third-order valence-electron chi connectivity index (χ3n) is 3.93. The van der Waals surface area contributed by atoms with Gasteiger partial charge in [-0.25, -0.2) is 4.98 Å². The van der Waals surface area contributed by atoms with Crippen molar-refractivity contribution in [2.45, 2.75) is 26.8 Å². The van der Waals surface area contributed by atoms with Gasteiger partial charge in [0.05, 0.1) is 24.0 Å². The van der Waals surface area contributed by atoms with E-state index in [-0.39, 0.29) is 11.9 Å². The molecule has 134 valence electrons. The first-order chi connectivity index (χ1) is 12.6. The molecular weight excluding hydrogens is 346 g/mol. The van der Waals surface area contributed by atoms with Crippen LogP contribution in [0.2, 0.25) is 0 Å². The summed E-state index contributed by atoms with van der Waals surface area (Å²) in [6.07, 6.45) is 1.72. The molecule has 6 heteroatoms. The minimum atomic E-state index is -0.122. The van der Waals surface area contributed by atoms with Gasteiger partial charge in [0.1, 0.15) is 15.6 Å². The van der Waals surface area contributed by atoms with Gasteiger partial charge in [0.25, 0.3) is 5.91 Å². The number of rotatable bonds is 6. The highest BCUT2D eigenvalue weighted by Crippen LogP contribution is 2.27. The van der Waals surface area contributed by atoms with Crippen LogP contribution in [0.25, 0.3) is 10.7 Å². The molecule has 2 heterocycles. The number of nitrogens with one attached hydrogen (secondary N) is 1. The predicted molar refractivity (Wildman–Crippen MR) is 104 cm³/mol. The second-order valence-electron chi connectivity index (χ2n) is 5.85. The van der Waals surface area contributed by atoms with Crippen LogP contribution in [0.15, 0.2) is 48.7 Å². The zero-order valence-corrected chi connectivity index (χ0v) is 15.8. The monoisotopic (exact) mass is 367 g/mol. The summed E-state index contributed by atoms with van der Waals surface area (Å²) >= 11 is 1.36. The molecule has 0 fully saturated rings. The average Bonchev–Trinajstić information content (AvgIpc) is 3.05. The van der Waals surface area contributed by atoms with E-state index in [1.54, 1.807) is 6.20 Å². The average molecular weight is 367 g/mol. The van der Waals surface area contributed by atoms with E-state index in [0.29, 0.717) is 17.2 Å². The molecule has 0 bridgehead atoms. The molecule has 0 aliphatic rings. The Morgan fingerprint density at radius 1 is 1.23 bits per heavy atom. The number of carbonyl (C=O) groups is 1. The second-order valence-corrected chi connectivity index (χ2v) is 6.84. The van der Waals surface area contributed by atoms with E-state index >= 15 is 0 Å². The van der Waals surface area contributed by atoms with Crippen LogP contribution in [0, 0.1) is 6.92 Å². The Hall–Kier alpha value is -2.73. The van der Waals surface area contributed by atoms with Crippen molar-refractivity contribution in [3.05, 3.63) is 64.8 Å². The van der Waals surface area contributed by atoms with Crippen LogP contribution in [0.5, 0.6) is 5.75 Å². The van der Waals surface area contributed by atoms with Gasteiger partial charge in [-0.1, -0.05) is 18.2 Å². The van der Waals surface area contributed by atoms with Crippen LogP contribution in [0.4, 0.5) is 0 Å². The second kappa shape index (κ2) is 8.10. The third-order valence-corrected chi connectivity index (χ3v) is 5.10. The summed E-state index contributed by atoms with van der Waals surface area (Å²) in [4.78, 5) is 22.1. The van der Waals surface area contributed by atoms with Crippen LogP contribution >= 0.6 is 11.3 Å². The number of nitrogens with zero attached hydrogens (tertiary/aromatic N) is 2. The molecule has 0 aliphatic heterocycles. The van der Waals surface area contributed by atoms with Crippen molar-refractivity contribution in [1.82, 2.24) is 15.3 Å². The fraction of sp³-hybridized carbons (Fsp3) is 0.250. The van der Waals surface area contributed by atoms with Crippen LogP contribution in [-0.2, 0) is 0 Å². The molecule has 1 N–H and O–H groups in total. The fourth-order valence-electron chi connectivity index (χ4n) is 2.57. The molecule has 1 atom stereocenters. The molecule has 0 saturated carbocycles. The molecule has 0 unspecified atom stereocenters. The molecule has 3 rings (SSSR count). The maximum absolute atomic E-state index is 12.7. The first kappa shape index (κ1) is 18.1. The lowest BCUT2D eigenvalue weighted by atomic mass is 10.1. The lowest BCUT2D eigenvalue weighted by Gasteiger charge is -2.14. The van der Waals surface area contributed by atoms with E-state index in [4.69, 9.17) is 4.74 Å². The van der Waals surface area contributed by atoms with Crippen LogP contribution in [0.3, 0.4) is 0 Å². The van der Waals surface area contributed by atoms with E-state index in [0.717, 1.165) is 22.0 Å².